The molecule has 0 radical (unpaired) electrons. The number of rotatable bonds is 10. The Balaban J connectivity index is 2.55. The normalized spacial score (nSPS) is 11.4. The summed E-state index contributed by atoms with van der Waals surface area (Å²) < 4.78 is 30.8. The Morgan fingerprint density at radius 2 is 1.96 bits per heavy atom. The molecule has 0 bridgehead atoms. The molecule has 1 heterocycles. The van der Waals surface area contributed by atoms with E-state index in [1.165, 1.54) is 29.7 Å². The molecule has 0 aromatic carbocycles. The lowest BCUT2D eigenvalue weighted by atomic mass is 10.5. The summed E-state index contributed by atoms with van der Waals surface area (Å²) in [7, 11) is -2.05. The molecule has 1 aromatic heterocycles. The number of amides is 3. The Bertz CT molecular complexity index is 690. The first-order chi connectivity index (χ1) is 12.3. The first-order valence-corrected chi connectivity index (χ1v) is 10.4. The van der Waals surface area contributed by atoms with E-state index in [0.29, 0.717) is 31.3 Å². The molecule has 11 heteroatoms. The quantitative estimate of drug-likeness (QED) is 0.435. The van der Waals surface area contributed by atoms with Crippen LogP contribution in [0.4, 0.5) is 4.79 Å². The summed E-state index contributed by atoms with van der Waals surface area (Å²) >= 11 is 1.10. The number of sulfonamides is 1. The standard InChI is InChI=1S/C15H24N4O5S2/c1-4-19(5-2)26(22,23)12-6-7-14(17-10-12)25-11-13(20)18-15(21)16-8-9-24-3/h6-7,10H,4-5,8-9,11H2,1-3H3,(H2,16,18,20,21). The second kappa shape index (κ2) is 11.1. The Morgan fingerprint density at radius 3 is 2.50 bits per heavy atom. The number of methoxy groups -OCH3 is 1. The van der Waals surface area contributed by atoms with Gasteiger partial charge in [0.2, 0.25) is 15.9 Å². The predicted octanol–water partition coefficient (Wildman–Crippen LogP) is 0.676. The molecular weight excluding hydrogens is 380 g/mol. The Kier molecular flexibility index (Phi) is 9.55. The van der Waals surface area contributed by atoms with Crippen molar-refractivity contribution in [1.29, 1.82) is 0 Å². The van der Waals surface area contributed by atoms with Crippen LogP contribution >= 0.6 is 11.8 Å². The molecule has 0 fully saturated rings. The van der Waals surface area contributed by atoms with Crippen LogP contribution in [-0.4, -0.2) is 68.7 Å². The minimum absolute atomic E-state index is 0.0210. The number of ether oxygens (including phenoxy) is 1. The summed E-state index contributed by atoms with van der Waals surface area (Å²) in [6.45, 7) is 4.94. The molecular formula is C15H24N4O5S2. The smallest absolute Gasteiger partial charge is 0.321 e. The van der Waals surface area contributed by atoms with Crippen molar-refractivity contribution in [2.45, 2.75) is 23.8 Å². The van der Waals surface area contributed by atoms with E-state index in [1.807, 2.05) is 0 Å². The minimum atomic E-state index is -3.56. The van der Waals surface area contributed by atoms with E-state index in [9.17, 15) is 18.0 Å². The van der Waals surface area contributed by atoms with E-state index in [-0.39, 0.29) is 10.6 Å². The van der Waals surface area contributed by atoms with Crippen LogP contribution in [0, 0.1) is 0 Å². The van der Waals surface area contributed by atoms with Gasteiger partial charge in [-0.2, -0.15) is 4.31 Å². The number of aromatic nitrogens is 1. The van der Waals surface area contributed by atoms with Crippen LogP contribution < -0.4 is 10.6 Å². The molecule has 0 spiro atoms. The van der Waals surface area contributed by atoms with Crippen molar-refractivity contribution in [1.82, 2.24) is 19.9 Å². The van der Waals surface area contributed by atoms with Gasteiger partial charge in [0.25, 0.3) is 0 Å². The fraction of sp³-hybridized carbons (Fsp3) is 0.533. The molecule has 0 atom stereocenters. The number of pyridine rings is 1. The van der Waals surface area contributed by atoms with Crippen LogP contribution in [0.15, 0.2) is 28.3 Å². The summed E-state index contributed by atoms with van der Waals surface area (Å²) in [6, 6.07) is 2.40. The van der Waals surface area contributed by atoms with Gasteiger partial charge in [0.15, 0.2) is 0 Å². The molecule has 0 unspecified atom stereocenters. The van der Waals surface area contributed by atoms with Gasteiger partial charge in [-0.15, -0.1) is 0 Å². The number of hydrogen-bond acceptors (Lipinski definition) is 7. The fourth-order valence-corrected chi connectivity index (χ4v) is 3.98. The number of nitrogens with one attached hydrogen (secondary N) is 2. The Morgan fingerprint density at radius 1 is 1.27 bits per heavy atom. The Hall–Kier alpha value is -1.69. The topological polar surface area (TPSA) is 118 Å². The molecule has 146 valence electrons. The highest BCUT2D eigenvalue weighted by Crippen LogP contribution is 2.19. The summed E-state index contributed by atoms with van der Waals surface area (Å²) in [6.07, 6.45) is 1.27. The number of carbonyl (C=O) groups is 2. The molecule has 0 saturated heterocycles. The van der Waals surface area contributed by atoms with Gasteiger partial charge >= 0.3 is 6.03 Å². The van der Waals surface area contributed by atoms with Crippen LogP contribution in [0.5, 0.6) is 0 Å². The van der Waals surface area contributed by atoms with E-state index in [2.05, 4.69) is 15.6 Å². The van der Waals surface area contributed by atoms with Gasteiger partial charge < -0.3 is 10.1 Å². The highest BCUT2D eigenvalue weighted by Gasteiger charge is 2.21. The molecule has 0 aliphatic carbocycles. The third-order valence-electron chi connectivity index (χ3n) is 3.25. The molecule has 3 amide bonds. The number of hydrogen-bond donors (Lipinski definition) is 2. The van der Waals surface area contributed by atoms with Gasteiger partial charge in [0.05, 0.1) is 17.4 Å². The number of nitrogens with zero attached hydrogens (tertiary/aromatic N) is 2. The first kappa shape index (κ1) is 22.4. The van der Waals surface area contributed by atoms with Crippen LogP contribution in [0.25, 0.3) is 0 Å². The third-order valence-corrected chi connectivity index (χ3v) is 6.23. The zero-order chi connectivity index (χ0) is 19.6. The van der Waals surface area contributed by atoms with Gasteiger partial charge in [-0.1, -0.05) is 25.6 Å². The lowest BCUT2D eigenvalue weighted by molar-refractivity contribution is -0.117. The highest BCUT2D eigenvalue weighted by atomic mass is 32.2. The summed E-state index contributed by atoms with van der Waals surface area (Å²) in [5.41, 5.74) is 0. The zero-order valence-electron chi connectivity index (χ0n) is 15.0. The van der Waals surface area contributed by atoms with Gasteiger partial charge in [-0.25, -0.2) is 18.2 Å². The SMILES string of the molecule is CCN(CC)S(=O)(=O)c1ccc(SCC(=O)NC(=O)NCCOC)nc1. The van der Waals surface area contributed by atoms with Crippen LogP contribution in [0.1, 0.15) is 13.8 Å². The van der Waals surface area contributed by atoms with Crippen molar-refractivity contribution >= 4 is 33.7 Å². The minimum Gasteiger partial charge on any atom is -0.383 e. The monoisotopic (exact) mass is 404 g/mol. The van der Waals surface area contributed by atoms with E-state index in [0.717, 1.165) is 11.8 Å². The van der Waals surface area contributed by atoms with E-state index >= 15 is 0 Å². The number of thioether (sulfide) groups is 1. The number of imide groups is 1. The van der Waals surface area contributed by atoms with Gasteiger partial charge in [0.1, 0.15) is 4.90 Å². The summed E-state index contributed by atoms with van der Waals surface area (Å²) in [5, 5.41) is 5.13. The maximum Gasteiger partial charge on any atom is 0.321 e. The average Bonchev–Trinajstić information content (AvgIpc) is 2.61. The highest BCUT2D eigenvalue weighted by molar-refractivity contribution is 7.99. The number of urea groups is 1. The van der Waals surface area contributed by atoms with Crippen molar-refractivity contribution < 1.29 is 22.7 Å². The average molecular weight is 405 g/mol. The van der Waals surface area contributed by atoms with Crippen LogP contribution in [0.3, 0.4) is 0 Å². The van der Waals surface area contributed by atoms with Crippen molar-refractivity contribution in [2.24, 2.45) is 0 Å². The second-order valence-corrected chi connectivity index (χ2v) is 7.94. The van der Waals surface area contributed by atoms with Crippen molar-refractivity contribution in [3.8, 4) is 0 Å². The molecule has 0 aliphatic heterocycles. The van der Waals surface area contributed by atoms with Crippen LogP contribution in [0.2, 0.25) is 0 Å². The van der Waals surface area contributed by atoms with Crippen molar-refractivity contribution in [2.75, 3.05) is 39.1 Å². The molecule has 0 aliphatic rings. The van der Waals surface area contributed by atoms with Gasteiger partial charge in [-0.05, 0) is 12.1 Å². The molecule has 0 saturated carbocycles. The van der Waals surface area contributed by atoms with Crippen molar-refractivity contribution in [3.63, 3.8) is 0 Å². The third kappa shape index (κ3) is 6.90. The summed E-state index contributed by atoms with van der Waals surface area (Å²) in [4.78, 5) is 27.3. The summed E-state index contributed by atoms with van der Waals surface area (Å²) in [5.74, 6) is -0.501. The predicted molar refractivity (Wildman–Crippen MR) is 98.5 cm³/mol. The molecule has 9 nitrogen and oxygen atoms in total. The fourth-order valence-electron chi connectivity index (χ4n) is 1.93. The van der Waals surface area contributed by atoms with Gasteiger partial charge in [-0.3, -0.25) is 10.1 Å². The Labute approximate surface area is 157 Å². The molecule has 1 aromatic rings. The van der Waals surface area contributed by atoms with Crippen molar-refractivity contribution in [3.05, 3.63) is 18.3 Å². The van der Waals surface area contributed by atoms with Gasteiger partial charge in [0, 0.05) is 32.9 Å². The lowest BCUT2D eigenvalue weighted by Crippen LogP contribution is -2.41. The maximum absolute atomic E-state index is 12.4. The zero-order valence-corrected chi connectivity index (χ0v) is 16.7. The largest absolute Gasteiger partial charge is 0.383 e. The van der Waals surface area contributed by atoms with Crippen LogP contribution in [-0.2, 0) is 19.6 Å². The van der Waals surface area contributed by atoms with E-state index < -0.39 is 22.0 Å². The molecule has 1 rings (SSSR count). The second-order valence-electron chi connectivity index (χ2n) is 5.01. The lowest BCUT2D eigenvalue weighted by Gasteiger charge is -2.18. The molecule has 2 N–H and O–H groups in total. The van der Waals surface area contributed by atoms with E-state index in [4.69, 9.17) is 4.74 Å². The first-order valence-electron chi connectivity index (χ1n) is 8.00. The molecule has 26 heavy (non-hydrogen) atoms. The number of carbonyl (C=O) groups excluding carboxylic acids is 2. The maximum atomic E-state index is 12.4. The van der Waals surface area contributed by atoms with E-state index in [1.54, 1.807) is 13.8 Å².